The smallest absolute Gasteiger partial charge is 0.0638 e. The monoisotopic (exact) mass is 330 g/mol. The van der Waals surface area contributed by atoms with Gasteiger partial charge in [0.2, 0.25) is 0 Å². The maximum Gasteiger partial charge on any atom is 0.0638 e. The number of aliphatic hydroxyl groups is 1. The van der Waals surface area contributed by atoms with Crippen LogP contribution in [0.3, 0.4) is 0 Å². The Morgan fingerprint density at radius 3 is 2.58 bits per heavy atom. The molecule has 6 aliphatic carbocycles. The normalized spacial score (nSPS) is 68.5. The molecule has 6 rings (SSSR count). The Bertz CT molecular complexity index is 589. The van der Waals surface area contributed by atoms with Gasteiger partial charge in [0.05, 0.1) is 6.10 Å². The van der Waals surface area contributed by atoms with Crippen LogP contribution in [0.2, 0.25) is 0 Å². The predicted molar refractivity (Wildman–Crippen MR) is 93.3 cm³/mol. The molecule has 0 saturated heterocycles. The minimum Gasteiger partial charge on any atom is -0.396 e. The summed E-state index contributed by atoms with van der Waals surface area (Å²) in [6.45, 7) is 5.70. The molecule has 6 aliphatic rings. The van der Waals surface area contributed by atoms with Gasteiger partial charge < -0.3 is 9.84 Å². The van der Waals surface area contributed by atoms with Crippen LogP contribution in [0.5, 0.6) is 0 Å². The number of methoxy groups -OCH3 is 1. The molecule has 0 heterocycles. The van der Waals surface area contributed by atoms with Crippen molar-refractivity contribution in [3.8, 4) is 0 Å². The van der Waals surface area contributed by atoms with E-state index in [4.69, 9.17) is 4.74 Å². The lowest BCUT2D eigenvalue weighted by molar-refractivity contribution is -0.160. The average Bonchev–Trinajstić information content (AvgIpc) is 3.42. The molecule has 134 valence electrons. The fraction of sp³-hybridized carbons (Fsp3) is 1.00. The van der Waals surface area contributed by atoms with Crippen molar-refractivity contribution >= 4 is 0 Å². The highest BCUT2D eigenvalue weighted by Crippen LogP contribution is 2.83. The summed E-state index contributed by atoms with van der Waals surface area (Å²) in [5.74, 6) is 6.10. The quantitative estimate of drug-likeness (QED) is 0.825. The molecule has 1 spiro atoms. The molecule has 0 aromatic heterocycles. The van der Waals surface area contributed by atoms with Gasteiger partial charge in [0.1, 0.15) is 0 Å². The van der Waals surface area contributed by atoms with E-state index in [2.05, 4.69) is 13.8 Å². The first kappa shape index (κ1) is 15.0. The van der Waals surface area contributed by atoms with Crippen molar-refractivity contribution in [3.05, 3.63) is 0 Å². The molecule has 0 aliphatic heterocycles. The molecule has 0 radical (unpaired) electrons. The molecular weight excluding hydrogens is 296 g/mol. The average molecular weight is 331 g/mol. The second-order valence-electron chi connectivity index (χ2n) is 11.1. The van der Waals surface area contributed by atoms with E-state index in [9.17, 15) is 5.11 Å². The lowest BCUT2D eigenvalue weighted by Gasteiger charge is -2.60. The molecular formula is C22H34O2. The summed E-state index contributed by atoms with van der Waals surface area (Å²) in [7, 11) is 1.99. The van der Waals surface area contributed by atoms with E-state index in [0.717, 1.165) is 35.5 Å². The molecule has 0 unspecified atom stereocenters. The largest absolute Gasteiger partial charge is 0.396 e. The first-order valence-corrected chi connectivity index (χ1v) is 10.6. The fourth-order valence-electron chi connectivity index (χ4n) is 10.1. The number of hydrogen-bond donors (Lipinski definition) is 1. The van der Waals surface area contributed by atoms with Gasteiger partial charge in [-0.1, -0.05) is 13.8 Å². The third-order valence-corrected chi connectivity index (χ3v) is 11.1. The summed E-state index contributed by atoms with van der Waals surface area (Å²) >= 11 is 0. The maximum atomic E-state index is 9.71. The van der Waals surface area contributed by atoms with Crippen LogP contribution in [0.1, 0.15) is 58.8 Å². The van der Waals surface area contributed by atoms with E-state index in [1.54, 1.807) is 0 Å². The molecule has 2 nitrogen and oxygen atoms in total. The number of rotatable bonds is 2. The number of ether oxygens (including phenoxy) is 1. The Labute approximate surface area is 146 Å². The summed E-state index contributed by atoms with van der Waals surface area (Å²) < 4.78 is 6.19. The molecule has 24 heavy (non-hydrogen) atoms. The Hall–Kier alpha value is -0.0800. The molecule has 0 aromatic rings. The highest BCUT2D eigenvalue weighted by Gasteiger charge is 2.79. The lowest BCUT2D eigenvalue weighted by atomic mass is 9.45. The van der Waals surface area contributed by atoms with Crippen molar-refractivity contribution < 1.29 is 9.84 Å². The summed E-state index contributed by atoms with van der Waals surface area (Å²) in [5.41, 5.74) is 1.65. The van der Waals surface area contributed by atoms with Gasteiger partial charge in [-0.25, -0.2) is 0 Å². The van der Waals surface area contributed by atoms with Crippen LogP contribution in [0.4, 0.5) is 0 Å². The van der Waals surface area contributed by atoms with Crippen molar-refractivity contribution in [1.82, 2.24) is 0 Å². The Kier molecular flexibility index (Phi) is 2.66. The van der Waals surface area contributed by atoms with Crippen LogP contribution < -0.4 is 0 Å². The van der Waals surface area contributed by atoms with E-state index in [-0.39, 0.29) is 0 Å². The van der Waals surface area contributed by atoms with Gasteiger partial charge in [-0.05, 0) is 97.2 Å². The second kappa shape index (κ2) is 4.25. The molecule has 2 heteroatoms. The first-order valence-electron chi connectivity index (χ1n) is 10.6. The van der Waals surface area contributed by atoms with Crippen LogP contribution in [0.25, 0.3) is 0 Å². The fourth-order valence-corrected chi connectivity index (χ4v) is 10.1. The molecule has 11 atom stereocenters. The zero-order valence-electron chi connectivity index (χ0n) is 15.6. The van der Waals surface area contributed by atoms with Crippen molar-refractivity contribution in [2.75, 3.05) is 13.7 Å². The zero-order chi connectivity index (χ0) is 16.5. The van der Waals surface area contributed by atoms with Gasteiger partial charge in [-0.15, -0.1) is 0 Å². The van der Waals surface area contributed by atoms with Gasteiger partial charge in [0, 0.05) is 19.1 Å². The highest BCUT2D eigenvalue weighted by molar-refractivity contribution is 5.27. The zero-order valence-corrected chi connectivity index (χ0v) is 15.6. The Balaban J connectivity index is 1.37. The van der Waals surface area contributed by atoms with Gasteiger partial charge in [0.25, 0.3) is 0 Å². The maximum absolute atomic E-state index is 9.71. The summed E-state index contributed by atoms with van der Waals surface area (Å²) in [4.78, 5) is 0. The van der Waals surface area contributed by atoms with Gasteiger partial charge in [0.15, 0.2) is 0 Å². The van der Waals surface area contributed by atoms with Gasteiger partial charge >= 0.3 is 0 Å². The van der Waals surface area contributed by atoms with Gasteiger partial charge in [-0.2, -0.15) is 0 Å². The van der Waals surface area contributed by atoms with Crippen LogP contribution in [0.15, 0.2) is 0 Å². The highest BCUT2D eigenvalue weighted by atomic mass is 16.5. The number of fused-ring (bicyclic) bond motifs is 6. The van der Waals surface area contributed by atoms with Crippen molar-refractivity contribution in [2.45, 2.75) is 64.9 Å². The lowest BCUT2D eigenvalue weighted by Crippen LogP contribution is -2.56. The van der Waals surface area contributed by atoms with Crippen molar-refractivity contribution in [3.63, 3.8) is 0 Å². The van der Waals surface area contributed by atoms with Crippen LogP contribution >= 0.6 is 0 Å². The number of hydrogen-bond acceptors (Lipinski definition) is 2. The topological polar surface area (TPSA) is 29.5 Å². The Morgan fingerprint density at radius 2 is 1.88 bits per heavy atom. The summed E-state index contributed by atoms with van der Waals surface area (Å²) in [6.07, 6.45) is 10.6. The van der Waals surface area contributed by atoms with Crippen molar-refractivity contribution in [2.24, 2.45) is 57.7 Å². The van der Waals surface area contributed by atoms with E-state index >= 15 is 0 Å². The molecule has 1 N–H and O–H groups in total. The minimum atomic E-state index is 0.439. The third kappa shape index (κ3) is 1.36. The molecule has 0 amide bonds. The third-order valence-electron chi connectivity index (χ3n) is 11.1. The SMILES string of the molecule is CO[C@@H]1C[C@H]2[C@@H]3C[C@H]4[C@H](CO)[C@H]4[C@@]3(C)CC[C@@H]2[C@@]2(C)CC[C@@H]3C[C@]312. The molecule has 6 fully saturated rings. The molecule has 0 bridgehead atoms. The van der Waals surface area contributed by atoms with E-state index < -0.39 is 0 Å². The summed E-state index contributed by atoms with van der Waals surface area (Å²) in [5, 5.41) is 9.71. The van der Waals surface area contributed by atoms with Crippen LogP contribution in [0, 0.1) is 57.7 Å². The van der Waals surface area contributed by atoms with Gasteiger partial charge in [-0.3, -0.25) is 0 Å². The Morgan fingerprint density at radius 1 is 1.04 bits per heavy atom. The standard InChI is InChI=1S/C22H34O2/c1-20-6-5-16-14(17(20)8-13-15(11-23)19(13)20)9-18(24-3)22-10-12(22)4-7-21(16,22)2/h12-19,23H,4-11H2,1-3H3/t12-,13+,14-,15+,16+,17+,18-,19+,20+,21-,22+/m1/s1. The van der Waals surface area contributed by atoms with E-state index in [1.807, 2.05) is 7.11 Å². The summed E-state index contributed by atoms with van der Waals surface area (Å²) in [6, 6.07) is 0. The molecule has 0 aromatic carbocycles. The van der Waals surface area contributed by atoms with E-state index in [0.29, 0.717) is 34.9 Å². The van der Waals surface area contributed by atoms with Crippen molar-refractivity contribution in [1.29, 1.82) is 0 Å². The number of aliphatic hydroxyl groups excluding tert-OH is 1. The second-order valence-corrected chi connectivity index (χ2v) is 11.1. The predicted octanol–water partition coefficient (Wildman–Crippen LogP) is 4.12. The van der Waals surface area contributed by atoms with E-state index in [1.165, 1.54) is 44.9 Å². The minimum absolute atomic E-state index is 0.439. The van der Waals surface area contributed by atoms with Crippen LogP contribution in [-0.4, -0.2) is 24.9 Å². The first-order chi connectivity index (χ1) is 11.5. The molecule has 6 saturated carbocycles. The van der Waals surface area contributed by atoms with Crippen LogP contribution in [-0.2, 0) is 4.74 Å².